The van der Waals surface area contributed by atoms with Gasteiger partial charge < -0.3 is 24.7 Å². The minimum absolute atomic E-state index is 0.0221. The van der Waals surface area contributed by atoms with Crippen molar-refractivity contribution in [2.45, 2.75) is 64.3 Å². The predicted molar refractivity (Wildman–Crippen MR) is 130 cm³/mol. The first-order chi connectivity index (χ1) is 14.9. The summed E-state index contributed by atoms with van der Waals surface area (Å²) in [6.07, 6.45) is -1.86. The van der Waals surface area contributed by atoms with E-state index in [1.54, 1.807) is 20.8 Å². The number of hydrogen-bond acceptors (Lipinski definition) is 5. The van der Waals surface area contributed by atoms with E-state index in [0.717, 1.165) is 10.4 Å². The standard InChI is InChI=1S/C25H37NO5Si/c1-24(2,3)31-23(29)26-21(22(28)17-27)18-30-32(25(4,5)6,19-13-9-7-10-14-19)20-15-11-8-12-16-20/h7-16,21-22,27-28H,17-18H2,1-6H3,(H,26,29)/t21-,22+/m0/s1. The van der Waals surface area contributed by atoms with Crippen molar-refractivity contribution in [1.82, 2.24) is 5.32 Å². The number of amides is 1. The monoisotopic (exact) mass is 459 g/mol. The summed E-state index contributed by atoms with van der Waals surface area (Å²) < 4.78 is 12.1. The van der Waals surface area contributed by atoms with Gasteiger partial charge in [0.1, 0.15) is 5.60 Å². The number of carbonyl (C=O) groups excluding carboxylic acids is 1. The van der Waals surface area contributed by atoms with E-state index in [9.17, 15) is 15.0 Å². The quantitative estimate of drug-likeness (QED) is 0.529. The summed E-state index contributed by atoms with van der Waals surface area (Å²) in [4.78, 5) is 12.4. The van der Waals surface area contributed by atoms with Crippen LogP contribution >= 0.6 is 0 Å². The Hall–Kier alpha value is -2.19. The number of nitrogens with one attached hydrogen (secondary N) is 1. The number of hydrogen-bond donors (Lipinski definition) is 3. The second-order valence-corrected chi connectivity index (χ2v) is 14.3. The number of rotatable bonds is 8. The van der Waals surface area contributed by atoms with Crippen molar-refractivity contribution in [3.63, 3.8) is 0 Å². The van der Waals surface area contributed by atoms with Crippen molar-refractivity contribution in [2.24, 2.45) is 0 Å². The summed E-state index contributed by atoms with van der Waals surface area (Å²) in [6.45, 7) is 11.3. The van der Waals surface area contributed by atoms with Crippen LogP contribution in [0.2, 0.25) is 5.04 Å². The molecule has 0 heterocycles. The molecule has 0 unspecified atom stereocenters. The topological polar surface area (TPSA) is 88.0 Å². The minimum atomic E-state index is -2.85. The zero-order chi connectivity index (χ0) is 24.0. The Kier molecular flexibility index (Phi) is 8.65. The van der Waals surface area contributed by atoms with Gasteiger partial charge in [-0.15, -0.1) is 0 Å². The maximum absolute atomic E-state index is 12.4. The van der Waals surface area contributed by atoms with Crippen LogP contribution in [0.4, 0.5) is 4.79 Å². The minimum Gasteiger partial charge on any atom is -0.444 e. The van der Waals surface area contributed by atoms with Crippen molar-refractivity contribution < 1.29 is 24.2 Å². The van der Waals surface area contributed by atoms with Crippen LogP contribution in [0, 0.1) is 0 Å². The highest BCUT2D eigenvalue weighted by Crippen LogP contribution is 2.36. The fourth-order valence-corrected chi connectivity index (χ4v) is 8.40. The van der Waals surface area contributed by atoms with Gasteiger partial charge in [-0.05, 0) is 36.2 Å². The third-order valence-electron chi connectivity index (χ3n) is 5.25. The van der Waals surface area contributed by atoms with Crippen LogP contribution in [-0.2, 0) is 9.16 Å². The molecule has 0 fully saturated rings. The van der Waals surface area contributed by atoms with Crippen LogP contribution < -0.4 is 15.7 Å². The van der Waals surface area contributed by atoms with Crippen LogP contribution in [0.5, 0.6) is 0 Å². The predicted octanol–water partition coefficient (Wildman–Crippen LogP) is 2.81. The van der Waals surface area contributed by atoms with Gasteiger partial charge in [0, 0.05) is 0 Å². The average Bonchev–Trinajstić information content (AvgIpc) is 2.72. The average molecular weight is 460 g/mol. The summed E-state index contributed by atoms with van der Waals surface area (Å²) >= 11 is 0. The first-order valence-corrected chi connectivity index (χ1v) is 12.8. The Bertz CT molecular complexity index is 807. The first kappa shape index (κ1) is 26.1. The number of alkyl carbamates (subject to hydrolysis) is 1. The number of carbonyl (C=O) groups is 1. The second-order valence-electron chi connectivity index (χ2n) is 9.98. The lowest BCUT2D eigenvalue weighted by molar-refractivity contribution is 0.0222. The van der Waals surface area contributed by atoms with E-state index in [1.807, 2.05) is 36.4 Å². The first-order valence-electron chi connectivity index (χ1n) is 10.9. The Morgan fingerprint density at radius 1 is 0.938 bits per heavy atom. The third kappa shape index (κ3) is 6.42. The largest absolute Gasteiger partial charge is 0.444 e. The molecule has 0 spiro atoms. The van der Waals surface area contributed by atoms with Gasteiger partial charge in [-0.1, -0.05) is 81.4 Å². The maximum atomic E-state index is 12.4. The molecule has 0 aliphatic carbocycles. The van der Waals surface area contributed by atoms with Crippen LogP contribution in [-0.4, -0.2) is 55.6 Å². The van der Waals surface area contributed by atoms with Gasteiger partial charge in [0.25, 0.3) is 8.32 Å². The van der Waals surface area contributed by atoms with E-state index in [4.69, 9.17) is 9.16 Å². The van der Waals surface area contributed by atoms with E-state index in [2.05, 4.69) is 50.4 Å². The van der Waals surface area contributed by atoms with Gasteiger partial charge in [-0.3, -0.25) is 0 Å². The Labute approximate surface area is 192 Å². The zero-order valence-electron chi connectivity index (χ0n) is 20.0. The van der Waals surface area contributed by atoms with Gasteiger partial charge in [-0.2, -0.15) is 0 Å². The van der Waals surface area contributed by atoms with Crippen molar-refractivity contribution >= 4 is 24.8 Å². The second kappa shape index (κ2) is 10.6. The molecule has 1 amide bonds. The summed E-state index contributed by atoms with van der Waals surface area (Å²) in [5.74, 6) is 0. The van der Waals surface area contributed by atoms with Crippen LogP contribution in [0.15, 0.2) is 60.7 Å². The van der Waals surface area contributed by atoms with Gasteiger partial charge in [-0.25, -0.2) is 4.79 Å². The third-order valence-corrected chi connectivity index (χ3v) is 10.3. The van der Waals surface area contributed by atoms with Crippen molar-refractivity contribution in [3.05, 3.63) is 60.7 Å². The van der Waals surface area contributed by atoms with E-state index in [1.165, 1.54) is 0 Å². The van der Waals surface area contributed by atoms with Gasteiger partial charge in [0.2, 0.25) is 0 Å². The van der Waals surface area contributed by atoms with Crippen LogP contribution in [0.3, 0.4) is 0 Å². The van der Waals surface area contributed by atoms with E-state index in [-0.39, 0.29) is 11.6 Å². The number of aliphatic hydroxyl groups excluding tert-OH is 2. The molecule has 0 aliphatic heterocycles. The molecule has 2 aromatic carbocycles. The lowest BCUT2D eigenvalue weighted by atomic mass is 10.2. The molecule has 0 radical (unpaired) electrons. The lowest BCUT2D eigenvalue weighted by Gasteiger charge is -2.44. The Morgan fingerprint density at radius 3 is 1.78 bits per heavy atom. The molecule has 0 aromatic heterocycles. The summed E-state index contributed by atoms with van der Waals surface area (Å²) in [5.41, 5.74) is -0.683. The molecule has 3 N–H and O–H groups in total. The van der Waals surface area contributed by atoms with Gasteiger partial charge in [0.15, 0.2) is 0 Å². The Balaban J connectivity index is 2.45. The number of aliphatic hydroxyl groups is 2. The molecule has 2 rings (SSSR count). The van der Waals surface area contributed by atoms with Crippen molar-refractivity contribution in [1.29, 1.82) is 0 Å². The van der Waals surface area contributed by atoms with E-state index in [0.29, 0.717) is 0 Å². The molecule has 6 nitrogen and oxygen atoms in total. The lowest BCUT2D eigenvalue weighted by Crippen LogP contribution is -2.68. The van der Waals surface area contributed by atoms with Crippen LogP contribution in [0.1, 0.15) is 41.5 Å². The molecule has 176 valence electrons. The highest BCUT2D eigenvalue weighted by molar-refractivity contribution is 6.99. The highest BCUT2D eigenvalue weighted by atomic mass is 28.4. The Morgan fingerprint density at radius 2 is 1.41 bits per heavy atom. The smallest absolute Gasteiger partial charge is 0.408 e. The summed E-state index contributed by atoms with van der Waals surface area (Å²) in [5, 5.41) is 24.6. The number of ether oxygens (including phenoxy) is 1. The van der Waals surface area contributed by atoms with Crippen LogP contribution in [0.25, 0.3) is 0 Å². The fourth-order valence-electron chi connectivity index (χ4n) is 3.81. The molecule has 0 bridgehead atoms. The van der Waals surface area contributed by atoms with E-state index >= 15 is 0 Å². The maximum Gasteiger partial charge on any atom is 0.408 e. The normalized spacial score (nSPS) is 14.5. The highest BCUT2D eigenvalue weighted by Gasteiger charge is 2.50. The molecule has 2 atom stereocenters. The van der Waals surface area contributed by atoms with Crippen molar-refractivity contribution in [2.75, 3.05) is 13.2 Å². The SMILES string of the molecule is CC(C)(C)OC(=O)N[C@@H](CO[Si](c1ccccc1)(c1ccccc1)C(C)(C)C)[C@H](O)CO. The molecular weight excluding hydrogens is 422 g/mol. The summed E-state index contributed by atoms with van der Waals surface area (Å²) in [6, 6.07) is 19.4. The zero-order valence-corrected chi connectivity index (χ0v) is 21.0. The molecule has 32 heavy (non-hydrogen) atoms. The molecule has 0 saturated heterocycles. The van der Waals surface area contributed by atoms with Crippen molar-refractivity contribution in [3.8, 4) is 0 Å². The van der Waals surface area contributed by atoms with Gasteiger partial charge in [0.05, 0.1) is 25.4 Å². The van der Waals surface area contributed by atoms with Gasteiger partial charge >= 0.3 is 6.09 Å². The van der Waals surface area contributed by atoms with E-state index < -0.39 is 38.8 Å². The molecule has 2 aromatic rings. The molecule has 0 aliphatic rings. The summed E-state index contributed by atoms with van der Waals surface area (Å²) in [7, 11) is -2.85. The molecule has 7 heteroatoms. The molecule has 0 saturated carbocycles. The molecular formula is C25H37NO5Si. The fraction of sp³-hybridized carbons (Fsp3) is 0.480. The number of benzene rings is 2.